The van der Waals surface area contributed by atoms with Crippen molar-refractivity contribution in [1.29, 1.82) is 0 Å². The zero-order valence-corrected chi connectivity index (χ0v) is 11.3. The highest BCUT2D eigenvalue weighted by Gasteiger charge is 2.21. The Labute approximate surface area is 106 Å². The molecule has 2 rings (SSSR count). The van der Waals surface area contributed by atoms with Gasteiger partial charge in [-0.2, -0.15) is 5.10 Å². The first kappa shape index (κ1) is 12.0. The van der Waals surface area contributed by atoms with Crippen LogP contribution in [0.2, 0.25) is 0 Å². The number of rotatable bonds is 1. The van der Waals surface area contributed by atoms with E-state index in [2.05, 4.69) is 36.0 Å². The fourth-order valence-electron chi connectivity index (χ4n) is 1.82. The zero-order chi connectivity index (χ0) is 12.6. The minimum absolute atomic E-state index is 0.109. The van der Waals surface area contributed by atoms with Crippen LogP contribution >= 0.6 is 12.2 Å². The molecule has 2 heterocycles. The summed E-state index contributed by atoms with van der Waals surface area (Å²) in [6.45, 7) is 8.29. The first-order chi connectivity index (χ1) is 7.91. The lowest BCUT2D eigenvalue weighted by molar-refractivity contribution is 0.395. The van der Waals surface area contributed by atoms with Gasteiger partial charge in [-0.3, -0.25) is 14.6 Å². The molecule has 90 valence electrons. The van der Waals surface area contributed by atoms with Crippen LogP contribution in [0.4, 0.5) is 0 Å². The molecule has 0 bridgehead atoms. The molecule has 0 unspecified atom stereocenters. The largest absolute Gasteiger partial charge is 0.295 e. The molecule has 0 aliphatic heterocycles. The smallest absolute Gasteiger partial charge is 0.195 e. The molecule has 2 aromatic rings. The average molecular weight is 248 g/mol. The third-order valence-corrected chi connectivity index (χ3v) is 2.86. The number of nitrogens with zero attached hydrogens (tertiary/aromatic N) is 3. The molecule has 5 heteroatoms. The van der Waals surface area contributed by atoms with Crippen LogP contribution in [0.25, 0.3) is 11.4 Å². The van der Waals surface area contributed by atoms with E-state index in [1.54, 1.807) is 6.20 Å². The van der Waals surface area contributed by atoms with Gasteiger partial charge in [0, 0.05) is 23.0 Å². The van der Waals surface area contributed by atoms with Gasteiger partial charge in [0.05, 0.1) is 0 Å². The molecule has 1 N–H and O–H groups in total. The summed E-state index contributed by atoms with van der Waals surface area (Å²) in [7, 11) is 0. The molecule has 0 aliphatic rings. The molecule has 0 fully saturated rings. The maximum Gasteiger partial charge on any atom is 0.195 e. The van der Waals surface area contributed by atoms with E-state index in [1.165, 1.54) is 0 Å². The number of nitrogens with one attached hydrogen (secondary N) is 1. The van der Waals surface area contributed by atoms with Gasteiger partial charge >= 0.3 is 0 Å². The summed E-state index contributed by atoms with van der Waals surface area (Å²) in [4.78, 5) is 4.29. The van der Waals surface area contributed by atoms with E-state index in [-0.39, 0.29) is 5.54 Å². The Morgan fingerprint density at radius 2 is 2.06 bits per heavy atom. The van der Waals surface area contributed by atoms with E-state index < -0.39 is 0 Å². The maximum absolute atomic E-state index is 5.29. The lowest BCUT2D eigenvalue weighted by atomic mass is 10.1. The third-order valence-electron chi connectivity index (χ3n) is 2.59. The monoisotopic (exact) mass is 248 g/mol. The summed E-state index contributed by atoms with van der Waals surface area (Å²) in [6, 6.07) is 3.92. The Morgan fingerprint density at radius 3 is 2.65 bits per heavy atom. The Morgan fingerprint density at radius 1 is 1.35 bits per heavy atom. The van der Waals surface area contributed by atoms with Crippen molar-refractivity contribution in [3.63, 3.8) is 0 Å². The number of hydrogen-bond donors (Lipinski definition) is 1. The van der Waals surface area contributed by atoms with Crippen LogP contribution in [-0.2, 0) is 5.54 Å². The summed E-state index contributed by atoms with van der Waals surface area (Å²) in [5.41, 5.74) is 1.85. The molecule has 0 spiro atoms. The molecular weight excluding hydrogens is 232 g/mol. The van der Waals surface area contributed by atoms with Gasteiger partial charge < -0.3 is 0 Å². The van der Waals surface area contributed by atoms with Gasteiger partial charge in [-0.25, -0.2) is 0 Å². The molecule has 4 nitrogen and oxygen atoms in total. The molecule has 0 aliphatic carbocycles. The lowest BCUT2D eigenvalue weighted by Gasteiger charge is -2.22. The quantitative estimate of drug-likeness (QED) is 0.789. The van der Waals surface area contributed by atoms with Crippen LogP contribution in [-0.4, -0.2) is 19.7 Å². The predicted molar refractivity (Wildman–Crippen MR) is 70.4 cm³/mol. The van der Waals surface area contributed by atoms with Crippen molar-refractivity contribution in [3.05, 3.63) is 28.8 Å². The second-order valence-corrected chi connectivity index (χ2v) is 5.38. The fraction of sp³-hybridized carbons (Fsp3) is 0.417. The first-order valence-electron chi connectivity index (χ1n) is 5.51. The van der Waals surface area contributed by atoms with Crippen LogP contribution in [0, 0.1) is 11.7 Å². The number of aromatic nitrogens is 4. The van der Waals surface area contributed by atoms with Crippen LogP contribution < -0.4 is 0 Å². The first-order valence-corrected chi connectivity index (χ1v) is 5.92. The standard InChI is InChI=1S/C12H16N4S/c1-8-9(6-5-7-13-8)10-14-15-11(17)16(10)12(2,3)4/h5-7H,1-4H3,(H,15,17). The van der Waals surface area contributed by atoms with Gasteiger partial charge in [-0.1, -0.05) is 0 Å². The SMILES string of the molecule is Cc1ncccc1-c1n[nH]c(=S)n1C(C)(C)C. The summed E-state index contributed by atoms with van der Waals surface area (Å²) >= 11 is 5.29. The third kappa shape index (κ3) is 2.15. The van der Waals surface area contributed by atoms with E-state index in [9.17, 15) is 0 Å². The summed E-state index contributed by atoms with van der Waals surface area (Å²) < 4.78 is 2.66. The molecule has 17 heavy (non-hydrogen) atoms. The Kier molecular flexibility index (Phi) is 2.87. The average Bonchev–Trinajstić information content (AvgIpc) is 2.60. The lowest BCUT2D eigenvalue weighted by Crippen LogP contribution is -2.23. The highest BCUT2D eigenvalue weighted by molar-refractivity contribution is 7.71. The van der Waals surface area contributed by atoms with Crippen LogP contribution in [0.15, 0.2) is 18.3 Å². The summed E-state index contributed by atoms with van der Waals surface area (Å²) in [6.07, 6.45) is 1.78. The van der Waals surface area contributed by atoms with Crippen LogP contribution in [0.5, 0.6) is 0 Å². The minimum Gasteiger partial charge on any atom is -0.295 e. The van der Waals surface area contributed by atoms with Gasteiger partial charge in [0.25, 0.3) is 0 Å². The molecular formula is C12H16N4S. The normalized spacial score (nSPS) is 11.8. The molecule has 0 saturated carbocycles. The van der Waals surface area contributed by atoms with Gasteiger partial charge in [0.2, 0.25) is 0 Å². The summed E-state index contributed by atoms with van der Waals surface area (Å²) in [5, 5.41) is 7.18. The highest BCUT2D eigenvalue weighted by atomic mass is 32.1. The number of H-pyrrole nitrogens is 1. The van der Waals surface area contributed by atoms with Crippen molar-refractivity contribution in [2.75, 3.05) is 0 Å². The van der Waals surface area contributed by atoms with Crippen molar-refractivity contribution in [2.45, 2.75) is 33.2 Å². The van der Waals surface area contributed by atoms with Crippen LogP contribution in [0.3, 0.4) is 0 Å². The molecule has 0 atom stereocenters. The van der Waals surface area contributed by atoms with Crippen molar-refractivity contribution in [3.8, 4) is 11.4 Å². The van der Waals surface area contributed by atoms with Crippen molar-refractivity contribution < 1.29 is 0 Å². The number of hydrogen-bond acceptors (Lipinski definition) is 3. The van der Waals surface area contributed by atoms with Crippen LogP contribution in [0.1, 0.15) is 26.5 Å². The summed E-state index contributed by atoms with van der Waals surface area (Å²) in [5.74, 6) is 0.841. The van der Waals surface area contributed by atoms with Gasteiger partial charge in [-0.05, 0) is 52.0 Å². The molecule has 0 amide bonds. The predicted octanol–water partition coefficient (Wildman–Crippen LogP) is 3.07. The van der Waals surface area contributed by atoms with E-state index in [4.69, 9.17) is 12.2 Å². The fourth-order valence-corrected chi connectivity index (χ4v) is 2.23. The zero-order valence-electron chi connectivity index (χ0n) is 10.5. The van der Waals surface area contributed by atoms with Crippen molar-refractivity contribution in [1.82, 2.24) is 19.7 Å². The maximum atomic E-state index is 5.29. The van der Waals surface area contributed by atoms with E-state index in [0.29, 0.717) is 4.77 Å². The highest BCUT2D eigenvalue weighted by Crippen LogP contribution is 2.25. The Bertz CT molecular complexity index is 589. The molecule has 0 saturated heterocycles. The van der Waals surface area contributed by atoms with Crippen molar-refractivity contribution in [2.24, 2.45) is 0 Å². The van der Waals surface area contributed by atoms with Gasteiger partial charge in [0.1, 0.15) is 0 Å². The Hall–Kier alpha value is -1.49. The molecule has 0 aromatic carbocycles. The Balaban J connectivity index is 2.71. The van der Waals surface area contributed by atoms with Crippen molar-refractivity contribution >= 4 is 12.2 Å². The van der Waals surface area contributed by atoms with E-state index in [1.807, 2.05) is 23.6 Å². The topological polar surface area (TPSA) is 46.5 Å². The van der Waals surface area contributed by atoms with E-state index in [0.717, 1.165) is 17.1 Å². The number of aromatic amines is 1. The van der Waals surface area contributed by atoms with E-state index >= 15 is 0 Å². The molecule has 0 radical (unpaired) electrons. The molecule has 2 aromatic heterocycles. The minimum atomic E-state index is -0.109. The second-order valence-electron chi connectivity index (χ2n) is 4.99. The second kappa shape index (κ2) is 4.07. The van der Waals surface area contributed by atoms with Gasteiger partial charge in [-0.15, -0.1) is 0 Å². The number of pyridine rings is 1. The number of aryl methyl sites for hydroxylation is 1. The van der Waals surface area contributed by atoms with Gasteiger partial charge in [0.15, 0.2) is 10.6 Å².